The number of nitrogens with one attached hydrogen (secondary N) is 1. The molecule has 0 fully saturated rings. The number of ether oxygens (including phenoxy) is 3. The van der Waals surface area contributed by atoms with E-state index in [1.807, 2.05) is 26.8 Å². The maximum absolute atomic E-state index is 13.6. The number of hydrogen-bond donors (Lipinski definition) is 1. The van der Waals surface area contributed by atoms with Crippen LogP contribution in [0.3, 0.4) is 0 Å². The van der Waals surface area contributed by atoms with Crippen LogP contribution in [0.1, 0.15) is 23.1 Å². The van der Waals surface area contributed by atoms with Gasteiger partial charge in [0.05, 0.1) is 30.9 Å². The van der Waals surface area contributed by atoms with Crippen LogP contribution in [0.4, 0.5) is 0 Å². The second-order valence-electron chi connectivity index (χ2n) is 9.05. The van der Waals surface area contributed by atoms with Gasteiger partial charge in [-0.2, -0.15) is 0 Å². The van der Waals surface area contributed by atoms with Crippen LogP contribution in [0, 0.1) is 20.8 Å². The standard InChI is InChI=1S/C29H29NO8S/c1-17-6-9-21(10-7-17)39(33,34)30-13-12-25(31)37-29-26(32)22-15-18(2)14-19(3)27(22)38-28(29)20-8-11-23(35-4)24(16-20)36-5/h6-11,14-16,30H,12-13H2,1-5H3. The predicted molar refractivity (Wildman–Crippen MR) is 147 cm³/mol. The molecule has 0 aliphatic heterocycles. The zero-order valence-electron chi connectivity index (χ0n) is 22.3. The quantitative estimate of drug-likeness (QED) is 0.298. The van der Waals surface area contributed by atoms with Crippen LogP contribution >= 0.6 is 0 Å². The Morgan fingerprint density at radius 1 is 0.897 bits per heavy atom. The molecule has 1 aromatic heterocycles. The van der Waals surface area contributed by atoms with Crippen molar-refractivity contribution in [1.82, 2.24) is 4.72 Å². The molecule has 3 aromatic carbocycles. The molecular formula is C29H29NO8S. The maximum atomic E-state index is 13.6. The van der Waals surface area contributed by atoms with Crippen LogP contribution in [-0.2, 0) is 14.8 Å². The van der Waals surface area contributed by atoms with Crippen molar-refractivity contribution >= 4 is 27.0 Å². The number of methoxy groups -OCH3 is 2. The minimum atomic E-state index is -3.82. The van der Waals surface area contributed by atoms with E-state index < -0.39 is 21.4 Å². The molecule has 0 spiro atoms. The van der Waals surface area contributed by atoms with Crippen molar-refractivity contribution in [2.75, 3.05) is 20.8 Å². The lowest BCUT2D eigenvalue weighted by molar-refractivity contribution is -0.134. The molecule has 1 heterocycles. The van der Waals surface area contributed by atoms with Gasteiger partial charge in [-0.1, -0.05) is 23.8 Å². The van der Waals surface area contributed by atoms with Gasteiger partial charge in [-0.3, -0.25) is 9.59 Å². The third-order valence-corrected chi connectivity index (χ3v) is 7.57. The Kier molecular flexibility index (Phi) is 8.08. The minimum absolute atomic E-state index is 0.0361. The van der Waals surface area contributed by atoms with Gasteiger partial charge in [0, 0.05) is 12.1 Å². The zero-order chi connectivity index (χ0) is 28.3. The molecule has 4 aromatic rings. The molecule has 4 rings (SSSR count). The Bertz CT molecular complexity index is 1710. The fourth-order valence-corrected chi connectivity index (χ4v) is 5.18. The highest BCUT2D eigenvalue weighted by Gasteiger charge is 2.23. The first-order chi connectivity index (χ1) is 18.5. The predicted octanol–water partition coefficient (Wildman–Crippen LogP) is 4.68. The fraction of sp³-hybridized carbons (Fsp3) is 0.241. The summed E-state index contributed by atoms with van der Waals surface area (Å²) in [5, 5.41) is 0.264. The molecule has 0 saturated heterocycles. The van der Waals surface area contributed by atoms with E-state index in [4.69, 9.17) is 18.6 Å². The van der Waals surface area contributed by atoms with E-state index in [-0.39, 0.29) is 34.8 Å². The van der Waals surface area contributed by atoms with Gasteiger partial charge >= 0.3 is 5.97 Å². The molecule has 0 aliphatic carbocycles. The summed E-state index contributed by atoms with van der Waals surface area (Å²) in [6.45, 7) is 5.29. The normalized spacial score (nSPS) is 11.4. The lowest BCUT2D eigenvalue weighted by atomic mass is 10.0. The second kappa shape index (κ2) is 11.3. The summed E-state index contributed by atoms with van der Waals surface area (Å²) >= 11 is 0. The van der Waals surface area contributed by atoms with E-state index in [0.717, 1.165) is 16.7 Å². The number of sulfonamides is 1. The molecule has 0 aliphatic rings. The Morgan fingerprint density at radius 3 is 2.26 bits per heavy atom. The van der Waals surface area contributed by atoms with Gasteiger partial charge in [0.15, 0.2) is 17.3 Å². The number of esters is 1. The number of hydrogen-bond acceptors (Lipinski definition) is 8. The minimum Gasteiger partial charge on any atom is -0.493 e. The third-order valence-electron chi connectivity index (χ3n) is 6.09. The SMILES string of the molecule is COc1ccc(-c2oc3c(C)cc(C)cc3c(=O)c2OC(=O)CCNS(=O)(=O)c2ccc(C)cc2)cc1OC. The van der Waals surface area contributed by atoms with Crippen molar-refractivity contribution < 1.29 is 31.8 Å². The molecular weight excluding hydrogens is 522 g/mol. The third kappa shape index (κ3) is 5.97. The molecule has 10 heteroatoms. The van der Waals surface area contributed by atoms with Gasteiger partial charge in [-0.15, -0.1) is 0 Å². The van der Waals surface area contributed by atoms with E-state index >= 15 is 0 Å². The molecule has 1 N–H and O–H groups in total. The topological polar surface area (TPSA) is 121 Å². The van der Waals surface area contributed by atoms with E-state index in [0.29, 0.717) is 22.6 Å². The van der Waals surface area contributed by atoms with Crippen molar-refractivity contribution in [3.8, 4) is 28.6 Å². The Morgan fingerprint density at radius 2 is 1.59 bits per heavy atom. The molecule has 39 heavy (non-hydrogen) atoms. The van der Waals surface area contributed by atoms with Crippen molar-refractivity contribution in [3.05, 3.63) is 81.5 Å². The monoisotopic (exact) mass is 551 g/mol. The number of fused-ring (bicyclic) bond motifs is 1. The second-order valence-corrected chi connectivity index (χ2v) is 10.8. The Hall–Kier alpha value is -4.15. The average Bonchev–Trinajstić information content (AvgIpc) is 2.90. The van der Waals surface area contributed by atoms with Crippen molar-refractivity contribution in [1.29, 1.82) is 0 Å². The van der Waals surface area contributed by atoms with E-state index in [2.05, 4.69) is 4.72 Å². The largest absolute Gasteiger partial charge is 0.493 e. The maximum Gasteiger partial charge on any atom is 0.312 e. The summed E-state index contributed by atoms with van der Waals surface area (Å²) in [6.07, 6.45) is -0.319. The van der Waals surface area contributed by atoms with Crippen LogP contribution in [0.15, 0.2) is 68.7 Å². The van der Waals surface area contributed by atoms with Crippen molar-refractivity contribution in [2.45, 2.75) is 32.1 Å². The molecule has 0 atom stereocenters. The fourth-order valence-electron chi connectivity index (χ4n) is 4.15. The highest BCUT2D eigenvalue weighted by Crippen LogP contribution is 2.37. The van der Waals surface area contributed by atoms with Crippen LogP contribution < -0.4 is 24.4 Å². The van der Waals surface area contributed by atoms with Gasteiger partial charge in [-0.05, 0) is 68.3 Å². The number of rotatable bonds is 9. The van der Waals surface area contributed by atoms with Gasteiger partial charge < -0.3 is 18.6 Å². The number of benzene rings is 3. The summed E-state index contributed by atoms with van der Waals surface area (Å²) < 4.78 is 49.9. The smallest absolute Gasteiger partial charge is 0.312 e. The lowest BCUT2D eigenvalue weighted by Gasteiger charge is -2.14. The van der Waals surface area contributed by atoms with Crippen molar-refractivity contribution in [3.63, 3.8) is 0 Å². The van der Waals surface area contributed by atoms with E-state index in [1.165, 1.54) is 26.4 Å². The van der Waals surface area contributed by atoms with Gasteiger partial charge in [-0.25, -0.2) is 13.1 Å². The van der Waals surface area contributed by atoms with Gasteiger partial charge in [0.1, 0.15) is 5.58 Å². The highest BCUT2D eigenvalue weighted by atomic mass is 32.2. The molecule has 0 saturated carbocycles. The summed E-state index contributed by atoms with van der Waals surface area (Å²) in [6, 6.07) is 14.8. The summed E-state index contributed by atoms with van der Waals surface area (Å²) in [5.74, 6) is -0.212. The van der Waals surface area contributed by atoms with E-state index in [1.54, 1.807) is 36.4 Å². The first-order valence-corrected chi connectivity index (χ1v) is 13.6. The van der Waals surface area contributed by atoms with Crippen LogP contribution in [0.5, 0.6) is 17.2 Å². The molecule has 0 bridgehead atoms. The summed E-state index contributed by atoms with van der Waals surface area (Å²) in [7, 11) is -0.846. The van der Waals surface area contributed by atoms with Crippen LogP contribution in [0.25, 0.3) is 22.3 Å². The van der Waals surface area contributed by atoms with Crippen LogP contribution in [-0.4, -0.2) is 35.2 Å². The lowest BCUT2D eigenvalue weighted by Crippen LogP contribution is -2.28. The molecule has 0 unspecified atom stereocenters. The average molecular weight is 552 g/mol. The first-order valence-electron chi connectivity index (χ1n) is 12.1. The Balaban J connectivity index is 1.67. The van der Waals surface area contributed by atoms with E-state index in [9.17, 15) is 18.0 Å². The summed E-state index contributed by atoms with van der Waals surface area (Å²) in [4.78, 5) is 26.5. The van der Waals surface area contributed by atoms with Crippen LogP contribution in [0.2, 0.25) is 0 Å². The molecule has 204 valence electrons. The Labute approximate surface area is 226 Å². The summed E-state index contributed by atoms with van der Waals surface area (Å²) in [5.41, 5.74) is 2.76. The van der Waals surface area contributed by atoms with Crippen molar-refractivity contribution in [2.24, 2.45) is 0 Å². The number of carbonyl (C=O) groups excluding carboxylic acids is 1. The van der Waals surface area contributed by atoms with Gasteiger partial charge in [0.2, 0.25) is 21.2 Å². The number of carbonyl (C=O) groups is 1. The highest BCUT2D eigenvalue weighted by molar-refractivity contribution is 7.89. The first kappa shape index (κ1) is 27.9. The molecule has 0 amide bonds. The van der Waals surface area contributed by atoms with Gasteiger partial charge in [0.25, 0.3) is 0 Å². The molecule has 9 nitrogen and oxygen atoms in total. The number of aryl methyl sites for hydroxylation is 3. The zero-order valence-corrected chi connectivity index (χ0v) is 23.1. The molecule has 0 radical (unpaired) electrons.